The first kappa shape index (κ1) is 16.1. The molecule has 0 saturated carbocycles. The number of ether oxygens (including phenoxy) is 1. The average Bonchev–Trinajstić information content (AvgIpc) is 3.22. The van der Waals surface area contributed by atoms with Gasteiger partial charge in [0.25, 0.3) is 0 Å². The molecule has 0 saturated heterocycles. The van der Waals surface area contributed by atoms with Crippen LogP contribution in [0.2, 0.25) is 0 Å². The molecule has 6 heteroatoms. The lowest BCUT2D eigenvalue weighted by Gasteiger charge is -2.18. The molecular weight excluding hydrogens is 326 g/mol. The first-order valence-corrected chi connectivity index (χ1v) is 8.33. The van der Waals surface area contributed by atoms with Crippen LogP contribution < -0.4 is 9.64 Å². The van der Waals surface area contributed by atoms with E-state index in [0.29, 0.717) is 5.82 Å². The second-order valence-corrected chi connectivity index (χ2v) is 6.09. The van der Waals surface area contributed by atoms with Gasteiger partial charge in [0.1, 0.15) is 11.6 Å². The van der Waals surface area contributed by atoms with Gasteiger partial charge in [0.15, 0.2) is 5.82 Å². The van der Waals surface area contributed by atoms with Crippen molar-refractivity contribution in [2.45, 2.75) is 6.54 Å². The summed E-state index contributed by atoms with van der Waals surface area (Å²) < 4.78 is 6.99. The minimum atomic E-state index is 0.699. The fourth-order valence-corrected chi connectivity index (χ4v) is 2.90. The number of rotatable bonds is 5. The first-order valence-electron chi connectivity index (χ1n) is 8.33. The Balaban J connectivity index is 1.57. The van der Waals surface area contributed by atoms with Gasteiger partial charge >= 0.3 is 0 Å². The molecule has 0 radical (unpaired) electrons. The topological polar surface area (TPSA) is 56.1 Å². The molecule has 0 amide bonds. The molecular formula is C20H19N5O. The van der Waals surface area contributed by atoms with Crippen molar-refractivity contribution < 1.29 is 4.74 Å². The van der Waals surface area contributed by atoms with Gasteiger partial charge in [-0.3, -0.25) is 4.98 Å². The van der Waals surface area contributed by atoms with Crippen molar-refractivity contribution in [1.82, 2.24) is 19.7 Å². The maximum atomic E-state index is 5.29. The van der Waals surface area contributed by atoms with E-state index < -0.39 is 0 Å². The lowest BCUT2D eigenvalue weighted by atomic mass is 10.1. The molecule has 4 aromatic rings. The van der Waals surface area contributed by atoms with E-state index in [1.165, 1.54) is 10.9 Å². The summed E-state index contributed by atoms with van der Waals surface area (Å²) in [5, 5.41) is 6.56. The maximum absolute atomic E-state index is 5.29. The fourth-order valence-electron chi connectivity index (χ4n) is 2.90. The van der Waals surface area contributed by atoms with Gasteiger partial charge in [-0.25, -0.2) is 9.67 Å². The van der Waals surface area contributed by atoms with Crippen LogP contribution in [-0.2, 0) is 6.54 Å². The van der Waals surface area contributed by atoms with Crippen LogP contribution in [0.15, 0.2) is 67.3 Å². The third-order valence-corrected chi connectivity index (χ3v) is 4.27. The first-order chi connectivity index (χ1) is 12.7. The maximum Gasteiger partial charge on any atom is 0.173 e. The summed E-state index contributed by atoms with van der Waals surface area (Å²) in [4.78, 5) is 11.0. The highest BCUT2D eigenvalue weighted by Gasteiger charge is 2.08. The molecule has 26 heavy (non-hydrogen) atoms. The molecule has 0 atom stereocenters. The number of aromatic nitrogens is 4. The highest BCUT2D eigenvalue weighted by atomic mass is 16.5. The summed E-state index contributed by atoms with van der Waals surface area (Å²) in [6.45, 7) is 0.735. The van der Waals surface area contributed by atoms with Crippen molar-refractivity contribution in [3.8, 4) is 11.6 Å². The summed E-state index contributed by atoms with van der Waals surface area (Å²) in [6.07, 6.45) is 7.04. The predicted octanol–water partition coefficient (Wildman–Crippen LogP) is 3.46. The van der Waals surface area contributed by atoms with E-state index in [9.17, 15) is 0 Å². The van der Waals surface area contributed by atoms with E-state index in [2.05, 4.69) is 44.2 Å². The fraction of sp³-hybridized carbons (Fsp3) is 0.150. The number of benzene rings is 2. The molecule has 2 aromatic carbocycles. The molecule has 2 heterocycles. The summed E-state index contributed by atoms with van der Waals surface area (Å²) in [6, 6.07) is 14.4. The van der Waals surface area contributed by atoms with E-state index in [1.807, 2.05) is 31.4 Å². The Morgan fingerprint density at radius 3 is 2.73 bits per heavy atom. The Hall–Kier alpha value is -3.41. The SMILES string of the molecule is COc1ccc2cc(CN(C)c3cncc(-n4cccn4)n3)ccc2c1. The van der Waals surface area contributed by atoms with Crippen LogP contribution in [0, 0.1) is 0 Å². The number of methoxy groups -OCH3 is 1. The van der Waals surface area contributed by atoms with Crippen molar-refractivity contribution in [3.05, 3.63) is 72.8 Å². The Kier molecular flexibility index (Phi) is 4.23. The van der Waals surface area contributed by atoms with Crippen molar-refractivity contribution in [3.63, 3.8) is 0 Å². The molecule has 6 nitrogen and oxygen atoms in total. The third-order valence-electron chi connectivity index (χ3n) is 4.27. The second kappa shape index (κ2) is 6.84. The van der Waals surface area contributed by atoms with Gasteiger partial charge in [0.05, 0.1) is 19.5 Å². The predicted molar refractivity (Wildman–Crippen MR) is 102 cm³/mol. The van der Waals surface area contributed by atoms with Crippen molar-refractivity contribution in [2.24, 2.45) is 0 Å². The van der Waals surface area contributed by atoms with Gasteiger partial charge < -0.3 is 9.64 Å². The van der Waals surface area contributed by atoms with Crippen LogP contribution in [0.25, 0.3) is 16.6 Å². The Bertz CT molecular complexity index is 1030. The Morgan fingerprint density at radius 1 is 1.08 bits per heavy atom. The minimum Gasteiger partial charge on any atom is -0.497 e. The quantitative estimate of drug-likeness (QED) is 0.554. The zero-order valence-electron chi connectivity index (χ0n) is 14.7. The van der Waals surface area contributed by atoms with Crippen LogP contribution in [-0.4, -0.2) is 33.9 Å². The zero-order chi connectivity index (χ0) is 17.9. The lowest BCUT2D eigenvalue weighted by molar-refractivity contribution is 0.415. The number of nitrogens with zero attached hydrogens (tertiary/aromatic N) is 5. The molecule has 0 aliphatic heterocycles. The van der Waals surface area contributed by atoms with E-state index in [-0.39, 0.29) is 0 Å². The van der Waals surface area contributed by atoms with Crippen molar-refractivity contribution in [1.29, 1.82) is 0 Å². The van der Waals surface area contributed by atoms with Gasteiger partial charge in [-0.1, -0.05) is 18.2 Å². The molecule has 0 unspecified atom stereocenters. The van der Waals surface area contributed by atoms with Crippen LogP contribution in [0.4, 0.5) is 5.82 Å². The van der Waals surface area contributed by atoms with E-state index in [4.69, 9.17) is 4.74 Å². The normalized spacial score (nSPS) is 10.8. The van der Waals surface area contributed by atoms with Crippen LogP contribution in [0.5, 0.6) is 5.75 Å². The second-order valence-electron chi connectivity index (χ2n) is 6.09. The largest absolute Gasteiger partial charge is 0.497 e. The molecule has 0 bridgehead atoms. The van der Waals surface area contributed by atoms with Crippen LogP contribution >= 0.6 is 0 Å². The summed E-state index contributed by atoms with van der Waals surface area (Å²) in [5.41, 5.74) is 1.21. The van der Waals surface area contributed by atoms with Gasteiger partial charge in [-0.2, -0.15) is 5.10 Å². The van der Waals surface area contributed by atoms with Crippen LogP contribution in [0.3, 0.4) is 0 Å². The monoisotopic (exact) mass is 345 g/mol. The summed E-state index contributed by atoms with van der Waals surface area (Å²) >= 11 is 0. The number of anilines is 1. The van der Waals surface area contributed by atoms with E-state index in [1.54, 1.807) is 30.4 Å². The Morgan fingerprint density at radius 2 is 1.92 bits per heavy atom. The molecule has 0 spiro atoms. The van der Waals surface area contributed by atoms with E-state index >= 15 is 0 Å². The highest BCUT2D eigenvalue weighted by molar-refractivity contribution is 5.84. The van der Waals surface area contributed by atoms with E-state index in [0.717, 1.165) is 23.5 Å². The number of hydrogen-bond acceptors (Lipinski definition) is 5. The van der Waals surface area contributed by atoms with Crippen molar-refractivity contribution >= 4 is 16.6 Å². The Labute approximate surface area is 151 Å². The number of fused-ring (bicyclic) bond motifs is 1. The minimum absolute atomic E-state index is 0.699. The molecule has 0 fully saturated rings. The molecule has 0 aliphatic rings. The van der Waals surface area contributed by atoms with Gasteiger partial charge in [-0.05, 0) is 40.6 Å². The highest BCUT2D eigenvalue weighted by Crippen LogP contribution is 2.23. The van der Waals surface area contributed by atoms with Gasteiger partial charge in [-0.15, -0.1) is 0 Å². The van der Waals surface area contributed by atoms with Crippen molar-refractivity contribution in [2.75, 3.05) is 19.1 Å². The smallest absolute Gasteiger partial charge is 0.173 e. The molecule has 2 aromatic heterocycles. The third kappa shape index (κ3) is 3.21. The molecule has 0 aliphatic carbocycles. The summed E-state index contributed by atoms with van der Waals surface area (Å²) in [7, 11) is 3.69. The summed E-state index contributed by atoms with van der Waals surface area (Å²) in [5.74, 6) is 2.37. The molecule has 4 rings (SSSR count). The van der Waals surface area contributed by atoms with Gasteiger partial charge in [0.2, 0.25) is 0 Å². The number of hydrogen-bond donors (Lipinski definition) is 0. The average molecular weight is 345 g/mol. The zero-order valence-corrected chi connectivity index (χ0v) is 14.7. The lowest BCUT2D eigenvalue weighted by Crippen LogP contribution is -2.18. The van der Waals surface area contributed by atoms with Gasteiger partial charge in [0, 0.05) is 26.0 Å². The standard InChI is InChI=1S/C20H19N5O/c1-24(19-12-21-13-20(23-19)25-9-3-8-22-25)14-15-4-5-17-11-18(26-2)7-6-16(17)10-15/h3-13H,14H2,1-2H3. The van der Waals surface area contributed by atoms with Crippen LogP contribution in [0.1, 0.15) is 5.56 Å². The molecule has 130 valence electrons. The molecule has 0 N–H and O–H groups in total.